The number of hydrogen-bond acceptors (Lipinski definition) is 3. The first kappa shape index (κ1) is 8.26. The minimum Gasteiger partial charge on any atom is -0.393 e. The van der Waals surface area contributed by atoms with Gasteiger partial charge in [0.2, 0.25) is 0 Å². The summed E-state index contributed by atoms with van der Waals surface area (Å²) in [5, 5.41) is 12.1. The highest BCUT2D eigenvalue weighted by molar-refractivity contribution is 5.77. The molecule has 3 heteroatoms. The lowest BCUT2D eigenvalue weighted by Crippen LogP contribution is -2.41. The van der Waals surface area contributed by atoms with Crippen LogP contribution in [0.5, 0.6) is 0 Å². The second-order valence-electron chi connectivity index (χ2n) is 3.39. The number of para-hydroxylation sites is 1. The topological polar surface area (TPSA) is 49.3 Å². The third-order valence-corrected chi connectivity index (χ3v) is 2.41. The molecule has 68 valence electrons. The average molecular weight is 177 g/mol. The largest absolute Gasteiger partial charge is 0.393 e. The maximum Gasteiger partial charge on any atom is 0.148 e. The first-order chi connectivity index (χ1) is 6.29. The van der Waals surface area contributed by atoms with Crippen molar-refractivity contribution in [2.24, 2.45) is 0 Å². The normalized spacial score (nSPS) is 25.0. The van der Waals surface area contributed by atoms with E-state index in [9.17, 15) is 4.79 Å². The molecule has 0 saturated carbocycles. The van der Waals surface area contributed by atoms with Gasteiger partial charge in [-0.3, -0.25) is 0 Å². The Kier molecular flexibility index (Phi) is 1.81. The summed E-state index contributed by atoms with van der Waals surface area (Å²) < 4.78 is 0. The lowest BCUT2D eigenvalue weighted by molar-refractivity contribution is -0.112. The fraction of sp³-hybridized carbons (Fsp3) is 0.300. The molecular weight excluding hydrogens is 166 g/mol. The number of nitrogens with one attached hydrogen (secondary N) is 1. The van der Waals surface area contributed by atoms with Gasteiger partial charge in [0, 0.05) is 12.1 Å². The molecule has 1 atom stereocenters. The molecule has 0 fully saturated rings. The Labute approximate surface area is 76.4 Å². The van der Waals surface area contributed by atoms with Crippen LogP contribution in [-0.2, 0) is 11.2 Å². The molecule has 1 aromatic carbocycles. The van der Waals surface area contributed by atoms with Gasteiger partial charge in [-0.15, -0.1) is 0 Å². The van der Waals surface area contributed by atoms with Crippen molar-refractivity contribution in [2.45, 2.75) is 12.0 Å². The molecule has 13 heavy (non-hydrogen) atoms. The predicted octanol–water partition coefficient (Wildman–Crippen LogP) is 0.585. The molecule has 1 heterocycles. The SMILES string of the molecule is O=CC1(CO)Cc2ccccc2N1. The van der Waals surface area contributed by atoms with Crippen molar-refractivity contribution >= 4 is 12.0 Å². The van der Waals surface area contributed by atoms with E-state index in [1.54, 1.807) is 0 Å². The standard InChI is InChI=1S/C10H11NO2/c12-6-10(7-13)5-8-3-1-2-4-9(8)11-10/h1-4,6,11,13H,5,7H2. The van der Waals surface area contributed by atoms with E-state index in [4.69, 9.17) is 5.11 Å². The minimum atomic E-state index is -0.788. The van der Waals surface area contributed by atoms with Crippen LogP contribution in [0.3, 0.4) is 0 Å². The van der Waals surface area contributed by atoms with Crippen molar-refractivity contribution in [3.8, 4) is 0 Å². The van der Waals surface area contributed by atoms with Crippen LogP contribution in [0.25, 0.3) is 0 Å². The number of aldehydes is 1. The number of anilines is 1. The van der Waals surface area contributed by atoms with Crippen LogP contribution < -0.4 is 5.32 Å². The summed E-state index contributed by atoms with van der Waals surface area (Å²) in [4.78, 5) is 10.8. The second kappa shape index (κ2) is 2.85. The van der Waals surface area contributed by atoms with Gasteiger partial charge in [0.15, 0.2) is 0 Å². The van der Waals surface area contributed by atoms with Gasteiger partial charge >= 0.3 is 0 Å². The van der Waals surface area contributed by atoms with Crippen LogP contribution in [0, 0.1) is 0 Å². The zero-order valence-electron chi connectivity index (χ0n) is 7.16. The maximum atomic E-state index is 10.8. The lowest BCUT2D eigenvalue weighted by atomic mass is 9.98. The molecule has 2 rings (SSSR count). The van der Waals surface area contributed by atoms with Crippen LogP contribution in [0.4, 0.5) is 5.69 Å². The van der Waals surface area contributed by atoms with Gasteiger partial charge in [-0.25, -0.2) is 0 Å². The van der Waals surface area contributed by atoms with Gasteiger partial charge in [-0.2, -0.15) is 0 Å². The Morgan fingerprint density at radius 3 is 2.92 bits per heavy atom. The van der Waals surface area contributed by atoms with Gasteiger partial charge in [-0.05, 0) is 11.6 Å². The van der Waals surface area contributed by atoms with Crippen molar-refractivity contribution < 1.29 is 9.90 Å². The number of aliphatic hydroxyl groups is 1. The molecule has 1 aromatic rings. The van der Waals surface area contributed by atoms with E-state index in [-0.39, 0.29) is 6.61 Å². The summed E-state index contributed by atoms with van der Waals surface area (Å²) in [7, 11) is 0. The van der Waals surface area contributed by atoms with Crippen molar-refractivity contribution in [1.29, 1.82) is 0 Å². The van der Waals surface area contributed by atoms with Gasteiger partial charge in [0.1, 0.15) is 11.8 Å². The zero-order chi connectivity index (χ0) is 9.31. The van der Waals surface area contributed by atoms with Gasteiger partial charge in [0.25, 0.3) is 0 Å². The number of hydrogen-bond donors (Lipinski definition) is 2. The number of rotatable bonds is 2. The predicted molar refractivity (Wildman–Crippen MR) is 49.6 cm³/mol. The number of carbonyl (C=O) groups excluding carboxylic acids is 1. The summed E-state index contributed by atoms with van der Waals surface area (Å²) >= 11 is 0. The Hall–Kier alpha value is -1.35. The molecule has 0 amide bonds. The van der Waals surface area contributed by atoms with Crippen molar-refractivity contribution in [2.75, 3.05) is 11.9 Å². The van der Waals surface area contributed by atoms with Crippen LogP contribution in [-0.4, -0.2) is 23.5 Å². The van der Waals surface area contributed by atoms with E-state index in [1.807, 2.05) is 24.3 Å². The number of benzene rings is 1. The molecule has 0 saturated heterocycles. The summed E-state index contributed by atoms with van der Waals surface area (Å²) in [6, 6.07) is 7.71. The highest BCUT2D eigenvalue weighted by atomic mass is 16.3. The Morgan fingerprint density at radius 1 is 1.54 bits per heavy atom. The Morgan fingerprint density at radius 2 is 2.31 bits per heavy atom. The summed E-state index contributed by atoms with van der Waals surface area (Å²) in [5.41, 5.74) is 1.25. The average Bonchev–Trinajstić information content (AvgIpc) is 2.57. The molecule has 0 radical (unpaired) electrons. The summed E-state index contributed by atoms with van der Waals surface area (Å²) in [6.07, 6.45) is 1.36. The zero-order valence-corrected chi connectivity index (χ0v) is 7.16. The highest BCUT2D eigenvalue weighted by Gasteiger charge is 2.35. The molecular formula is C10H11NO2. The number of carbonyl (C=O) groups is 1. The Bertz CT molecular complexity index is 310. The van der Waals surface area contributed by atoms with E-state index in [1.165, 1.54) is 0 Å². The first-order valence-electron chi connectivity index (χ1n) is 4.23. The molecule has 1 aliphatic rings. The molecule has 2 N–H and O–H groups in total. The minimum absolute atomic E-state index is 0.162. The van der Waals surface area contributed by atoms with Gasteiger partial charge in [0.05, 0.1) is 6.61 Å². The fourth-order valence-corrected chi connectivity index (χ4v) is 1.65. The van der Waals surface area contributed by atoms with Crippen molar-refractivity contribution in [3.63, 3.8) is 0 Å². The van der Waals surface area contributed by atoms with Crippen molar-refractivity contribution in [1.82, 2.24) is 0 Å². The quantitative estimate of drug-likeness (QED) is 0.650. The van der Waals surface area contributed by atoms with Crippen LogP contribution in [0.1, 0.15) is 5.56 Å². The van der Waals surface area contributed by atoms with E-state index in [0.717, 1.165) is 17.5 Å². The third-order valence-electron chi connectivity index (χ3n) is 2.41. The van der Waals surface area contributed by atoms with Crippen LogP contribution in [0.15, 0.2) is 24.3 Å². The van der Waals surface area contributed by atoms with E-state index in [0.29, 0.717) is 6.42 Å². The molecule has 0 bridgehead atoms. The van der Waals surface area contributed by atoms with Crippen molar-refractivity contribution in [3.05, 3.63) is 29.8 Å². The fourth-order valence-electron chi connectivity index (χ4n) is 1.65. The van der Waals surface area contributed by atoms with Gasteiger partial charge in [-0.1, -0.05) is 18.2 Å². The molecule has 0 spiro atoms. The van der Waals surface area contributed by atoms with E-state index < -0.39 is 5.54 Å². The highest BCUT2D eigenvalue weighted by Crippen LogP contribution is 2.30. The molecule has 3 nitrogen and oxygen atoms in total. The van der Waals surface area contributed by atoms with Gasteiger partial charge < -0.3 is 15.2 Å². The van der Waals surface area contributed by atoms with Crippen LogP contribution in [0.2, 0.25) is 0 Å². The first-order valence-corrected chi connectivity index (χ1v) is 4.23. The molecule has 1 aliphatic heterocycles. The molecule has 0 aliphatic carbocycles. The Balaban J connectivity index is 2.35. The summed E-state index contributed by atoms with van der Waals surface area (Å²) in [5.74, 6) is 0. The monoisotopic (exact) mass is 177 g/mol. The van der Waals surface area contributed by atoms with Crippen LogP contribution >= 0.6 is 0 Å². The third kappa shape index (κ3) is 1.21. The maximum absolute atomic E-state index is 10.8. The molecule has 1 unspecified atom stereocenters. The summed E-state index contributed by atoms with van der Waals surface area (Å²) in [6.45, 7) is -0.162. The smallest absolute Gasteiger partial charge is 0.148 e. The number of fused-ring (bicyclic) bond motifs is 1. The second-order valence-corrected chi connectivity index (χ2v) is 3.39. The lowest BCUT2D eigenvalue weighted by Gasteiger charge is -2.19. The molecule has 0 aromatic heterocycles. The number of aliphatic hydroxyl groups excluding tert-OH is 1. The van der Waals surface area contributed by atoms with E-state index >= 15 is 0 Å². The van der Waals surface area contributed by atoms with E-state index in [2.05, 4.69) is 5.32 Å².